The van der Waals surface area contributed by atoms with Crippen LogP contribution in [0, 0.1) is 0 Å². The molecule has 0 radical (unpaired) electrons. The van der Waals surface area contributed by atoms with E-state index in [9.17, 15) is 0 Å². The van der Waals surface area contributed by atoms with Crippen molar-refractivity contribution >= 4 is 22.5 Å². The molecule has 0 unspecified atom stereocenters. The molecule has 0 saturated heterocycles. The molecule has 4 aromatic rings. The second-order valence-electron chi connectivity index (χ2n) is 5.66. The Bertz CT molecular complexity index is 971. The molecule has 0 fully saturated rings. The summed E-state index contributed by atoms with van der Waals surface area (Å²) < 4.78 is 2.06. The summed E-state index contributed by atoms with van der Waals surface area (Å²) in [7, 11) is 2.02. The highest BCUT2D eigenvalue weighted by atomic mass is 32.2. The zero-order valence-electron chi connectivity index (χ0n) is 13.4. The average Bonchev–Trinajstić information content (AvgIpc) is 3.01. The van der Waals surface area contributed by atoms with Gasteiger partial charge in [0.2, 0.25) is 0 Å². The van der Waals surface area contributed by atoms with Crippen LogP contribution in [0.25, 0.3) is 22.2 Å². The number of thioether (sulfide) groups is 1. The molecule has 118 valence electrons. The summed E-state index contributed by atoms with van der Waals surface area (Å²) in [5.74, 6) is 1.78. The van der Waals surface area contributed by atoms with Crippen LogP contribution in [0.2, 0.25) is 0 Å². The summed E-state index contributed by atoms with van der Waals surface area (Å²) >= 11 is 1.72. The standard InChI is InChI=1S/C20H17N3S/c1-23-19(16-9-3-2-4-10-16)21-22-20(23)24-14-17-12-7-11-15-8-5-6-13-18(15)17/h2-13H,14H2,1H3. The summed E-state index contributed by atoms with van der Waals surface area (Å²) in [6.07, 6.45) is 0. The third-order valence-electron chi connectivity index (χ3n) is 4.10. The summed E-state index contributed by atoms with van der Waals surface area (Å²) in [4.78, 5) is 0. The Hall–Kier alpha value is -2.59. The largest absolute Gasteiger partial charge is 0.305 e. The first-order valence-corrected chi connectivity index (χ1v) is 8.86. The molecule has 3 nitrogen and oxygen atoms in total. The van der Waals surface area contributed by atoms with E-state index in [-0.39, 0.29) is 0 Å². The van der Waals surface area contributed by atoms with E-state index in [1.54, 1.807) is 11.8 Å². The summed E-state index contributed by atoms with van der Waals surface area (Å²) in [6.45, 7) is 0. The van der Waals surface area contributed by atoms with Gasteiger partial charge in [0.25, 0.3) is 0 Å². The van der Waals surface area contributed by atoms with Gasteiger partial charge in [0.15, 0.2) is 11.0 Å². The lowest BCUT2D eigenvalue weighted by Crippen LogP contribution is -1.95. The van der Waals surface area contributed by atoms with Crippen molar-refractivity contribution in [2.45, 2.75) is 10.9 Å². The molecule has 1 heterocycles. The Morgan fingerprint density at radius 1 is 0.833 bits per heavy atom. The minimum Gasteiger partial charge on any atom is -0.305 e. The highest BCUT2D eigenvalue weighted by Crippen LogP contribution is 2.28. The Balaban J connectivity index is 1.59. The molecule has 0 N–H and O–H groups in total. The third-order valence-corrected chi connectivity index (χ3v) is 5.17. The fourth-order valence-electron chi connectivity index (χ4n) is 2.84. The van der Waals surface area contributed by atoms with E-state index < -0.39 is 0 Å². The van der Waals surface area contributed by atoms with Crippen molar-refractivity contribution in [1.82, 2.24) is 14.8 Å². The Morgan fingerprint density at radius 2 is 1.58 bits per heavy atom. The number of rotatable bonds is 4. The van der Waals surface area contributed by atoms with Crippen LogP contribution in [0.3, 0.4) is 0 Å². The van der Waals surface area contributed by atoms with Gasteiger partial charge in [-0.25, -0.2) is 0 Å². The number of nitrogens with zero attached hydrogens (tertiary/aromatic N) is 3. The van der Waals surface area contributed by atoms with Gasteiger partial charge in [-0.2, -0.15) is 0 Å². The molecule has 0 aliphatic carbocycles. The van der Waals surface area contributed by atoms with Crippen molar-refractivity contribution in [3.05, 3.63) is 78.4 Å². The number of fused-ring (bicyclic) bond motifs is 1. The van der Waals surface area contributed by atoms with Gasteiger partial charge in [-0.1, -0.05) is 84.6 Å². The van der Waals surface area contributed by atoms with Gasteiger partial charge in [0.1, 0.15) is 0 Å². The molecule has 3 aromatic carbocycles. The maximum Gasteiger partial charge on any atom is 0.191 e. The van der Waals surface area contributed by atoms with E-state index in [0.717, 1.165) is 22.3 Å². The summed E-state index contributed by atoms with van der Waals surface area (Å²) in [5.41, 5.74) is 2.41. The van der Waals surface area contributed by atoms with Crippen LogP contribution in [0.15, 0.2) is 78.0 Å². The zero-order chi connectivity index (χ0) is 16.4. The molecule has 0 aliphatic rings. The molecular weight excluding hydrogens is 314 g/mol. The van der Waals surface area contributed by atoms with E-state index in [4.69, 9.17) is 0 Å². The van der Waals surface area contributed by atoms with E-state index in [0.29, 0.717) is 0 Å². The van der Waals surface area contributed by atoms with E-state index in [2.05, 4.69) is 69.4 Å². The maximum atomic E-state index is 4.36. The molecule has 24 heavy (non-hydrogen) atoms. The van der Waals surface area contributed by atoms with Crippen LogP contribution >= 0.6 is 11.8 Å². The van der Waals surface area contributed by atoms with E-state index in [1.807, 2.05) is 25.2 Å². The zero-order valence-corrected chi connectivity index (χ0v) is 14.2. The SMILES string of the molecule is Cn1c(SCc2cccc3ccccc23)nnc1-c1ccccc1. The van der Waals surface area contributed by atoms with Crippen LogP contribution in [-0.4, -0.2) is 14.8 Å². The topological polar surface area (TPSA) is 30.7 Å². The second-order valence-corrected chi connectivity index (χ2v) is 6.60. The number of hydrogen-bond donors (Lipinski definition) is 0. The Labute approximate surface area is 145 Å². The average molecular weight is 331 g/mol. The first-order chi connectivity index (χ1) is 11.8. The van der Waals surface area contributed by atoms with Crippen molar-refractivity contribution in [1.29, 1.82) is 0 Å². The van der Waals surface area contributed by atoms with Gasteiger partial charge in [0.05, 0.1) is 0 Å². The fourth-order valence-corrected chi connectivity index (χ4v) is 3.75. The molecule has 4 rings (SSSR count). The fraction of sp³-hybridized carbons (Fsp3) is 0.100. The number of benzene rings is 3. The highest BCUT2D eigenvalue weighted by Gasteiger charge is 2.11. The minimum absolute atomic E-state index is 0.877. The smallest absolute Gasteiger partial charge is 0.191 e. The first-order valence-electron chi connectivity index (χ1n) is 7.87. The summed E-state index contributed by atoms with van der Waals surface area (Å²) in [5, 5.41) is 12.2. The molecule has 0 saturated carbocycles. The van der Waals surface area contributed by atoms with Crippen LogP contribution in [0.5, 0.6) is 0 Å². The third kappa shape index (κ3) is 2.81. The van der Waals surface area contributed by atoms with Gasteiger partial charge in [-0.15, -0.1) is 10.2 Å². The lowest BCUT2D eigenvalue weighted by molar-refractivity contribution is 0.794. The van der Waals surface area contributed by atoms with Crippen molar-refractivity contribution in [2.75, 3.05) is 0 Å². The molecule has 4 heteroatoms. The lowest BCUT2D eigenvalue weighted by Gasteiger charge is -2.07. The van der Waals surface area contributed by atoms with Gasteiger partial charge in [-0.05, 0) is 16.3 Å². The molecule has 0 spiro atoms. The molecule has 1 aromatic heterocycles. The summed E-state index contributed by atoms with van der Waals surface area (Å²) in [6, 6.07) is 25.1. The Kier molecular flexibility index (Phi) is 4.05. The van der Waals surface area contributed by atoms with Crippen LogP contribution in [0.4, 0.5) is 0 Å². The highest BCUT2D eigenvalue weighted by molar-refractivity contribution is 7.98. The monoisotopic (exact) mass is 331 g/mol. The van der Waals surface area contributed by atoms with Crippen LogP contribution < -0.4 is 0 Å². The van der Waals surface area contributed by atoms with Gasteiger partial charge in [-0.3, -0.25) is 0 Å². The van der Waals surface area contributed by atoms with Crippen molar-refractivity contribution in [3.63, 3.8) is 0 Å². The molecule has 0 atom stereocenters. The van der Waals surface area contributed by atoms with Gasteiger partial charge >= 0.3 is 0 Å². The van der Waals surface area contributed by atoms with E-state index >= 15 is 0 Å². The van der Waals surface area contributed by atoms with Gasteiger partial charge < -0.3 is 4.57 Å². The number of hydrogen-bond acceptors (Lipinski definition) is 3. The molecule has 0 aliphatic heterocycles. The van der Waals surface area contributed by atoms with Gasteiger partial charge in [0, 0.05) is 18.4 Å². The quantitative estimate of drug-likeness (QED) is 0.497. The van der Waals surface area contributed by atoms with E-state index in [1.165, 1.54) is 16.3 Å². The predicted octanol–water partition coefficient (Wildman–Crippen LogP) is 4.93. The normalized spacial score (nSPS) is 11.0. The van der Waals surface area contributed by atoms with Crippen molar-refractivity contribution in [3.8, 4) is 11.4 Å². The molecule has 0 amide bonds. The predicted molar refractivity (Wildman–Crippen MR) is 99.9 cm³/mol. The van der Waals surface area contributed by atoms with Crippen molar-refractivity contribution < 1.29 is 0 Å². The van der Waals surface area contributed by atoms with Crippen molar-refractivity contribution in [2.24, 2.45) is 7.05 Å². The Morgan fingerprint density at radius 3 is 2.46 bits per heavy atom. The second kappa shape index (κ2) is 6.49. The first kappa shape index (κ1) is 15.0. The maximum absolute atomic E-state index is 4.36. The molecule has 0 bridgehead atoms. The lowest BCUT2D eigenvalue weighted by atomic mass is 10.1. The molecular formula is C20H17N3S. The van der Waals surface area contributed by atoms with Crippen LogP contribution in [-0.2, 0) is 12.8 Å². The number of aromatic nitrogens is 3. The van der Waals surface area contributed by atoms with Crippen LogP contribution in [0.1, 0.15) is 5.56 Å². The minimum atomic E-state index is 0.877.